The molecule has 1 N–H and O–H groups in total. The van der Waals surface area contributed by atoms with E-state index in [2.05, 4.69) is 4.18 Å². The normalized spacial score (nSPS) is 10.9. The van der Waals surface area contributed by atoms with E-state index in [9.17, 15) is 13.2 Å². The lowest BCUT2D eigenvalue weighted by molar-refractivity contribution is -0.113. The van der Waals surface area contributed by atoms with Crippen molar-refractivity contribution in [2.24, 2.45) is 0 Å². The zero-order valence-electron chi connectivity index (χ0n) is 7.66. The van der Waals surface area contributed by atoms with Crippen LogP contribution in [0.1, 0.15) is 26.7 Å². The lowest BCUT2D eigenvalue weighted by Gasteiger charge is -2.04. The van der Waals surface area contributed by atoms with Crippen molar-refractivity contribution in [2.45, 2.75) is 26.7 Å². The van der Waals surface area contributed by atoms with Crippen LogP contribution in [0.2, 0.25) is 0 Å². The summed E-state index contributed by atoms with van der Waals surface area (Å²) in [5, 5.41) is 6.98. The summed E-state index contributed by atoms with van der Waals surface area (Å²) >= 11 is 0. The Bertz CT molecular complexity index is 294. The molecule has 0 bridgehead atoms. The summed E-state index contributed by atoms with van der Waals surface area (Å²) in [5.41, 5.74) is 0. The van der Waals surface area contributed by atoms with E-state index in [1.54, 1.807) is 6.92 Å². The van der Waals surface area contributed by atoms with Crippen molar-refractivity contribution in [3.05, 3.63) is 0 Å². The van der Waals surface area contributed by atoms with Gasteiger partial charge in [-0.05, 0) is 6.42 Å². The maximum absolute atomic E-state index is 10.9. The molecule has 0 spiro atoms. The van der Waals surface area contributed by atoms with E-state index in [0.717, 1.165) is 0 Å². The zero-order chi connectivity index (χ0) is 10.5. The Morgan fingerprint density at radius 1 is 1.38 bits per heavy atom. The highest BCUT2D eigenvalue weighted by Gasteiger charge is 2.17. The van der Waals surface area contributed by atoms with Gasteiger partial charge in [-0.25, -0.2) is 0 Å². The smallest absolute Gasteiger partial charge is 0.310 e. The summed E-state index contributed by atoms with van der Waals surface area (Å²) in [4.78, 5) is 10.8. The number of ketones is 1. The molecule has 0 radical (unpaired) electrons. The molecular weight excluding hydrogens is 194 g/mol. The molecule has 0 aromatic rings. The Hall–Kier alpha value is -0.910. The van der Waals surface area contributed by atoms with Crippen molar-refractivity contribution < 1.29 is 17.4 Å². The van der Waals surface area contributed by atoms with Crippen molar-refractivity contribution >= 4 is 21.8 Å². The topological polar surface area (TPSA) is 84.3 Å². The number of hydrogen-bond donors (Lipinski definition) is 1. The summed E-state index contributed by atoms with van der Waals surface area (Å²) in [5.74, 6) is -1.58. The standard InChI is InChI=1S/C7H13NO4S/c1-3-5-13(10,11)12-7(8)6(9)4-2/h8H,3-5H2,1-2H3. The Balaban J connectivity index is 4.29. The molecule has 76 valence electrons. The lowest BCUT2D eigenvalue weighted by Crippen LogP contribution is -2.21. The highest BCUT2D eigenvalue weighted by Crippen LogP contribution is 1.98. The van der Waals surface area contributed by atoms with Gasteiger partial charge in [0.15, 0.2) is 0 Å². The second-order valence-corrected chi connectivity index (χ2v) is 4.14. The second kappa shape index (κ2) is 4.96. The first kappa shape index (κ1) is 12.1. The summed E-state index contributed by atoms with van der Waals surface area (Å²) in [6, 6.07) is 0. The molecule has 0 aromatic heterocycles. The van der Waals surface area contributed by atoms with Crippen LogP contribution in [0.4, 0.5) is 0 Å². The van der Waals surface area contributed by atoms with Crippen molar-refractivity contribution in [3.8, 4) is 0 Å². The molecule has 0 atom stereocenters. The molecule has 5 nitrogen and oxygen atoms in total. The SMILES string of the molecule is CCCS(=O)(=O)OC(=N)C(=O)CC. The fourth-order valence-electron chi connectivity index (χ4n) is 0.626. The zero-order valence-corrected chi connectivity index (χ0v) is 8.48. The Labute approximate surface area is 77.7 Å². The molecule has 0 aliphatic heterocycles. The lowest BCUT2D eigenvalue weighted by atomic mass is 10.3. The molecular formula is C7H13NO4S. The Morgan fingerprint density at radius 2 is 1.92 bits per heavy atom. The van der Waals surface area contributed by atoms with E-state index in [1.165, 1.54) is 6.92 Å². The average molecular weight is 207 g/mol. The van der Waals surface area contributed by atoms with Gasteiger partial charge in [0.1, 0.15) is 0 Å². The Kier molecular flexibility index (Phi) is 4.61. The van der Waals surface area contributed by atoms with Gasteiger partial charge in [-0.15, -0.1) is 0 Å². The number of carbonyl (C=O) groups excluding carboxylic acids is 1. The highest BCUT2D eigenvalue weighted by atomic mass is 32.2. The summed E-state index contributed by atoms with van der Waals surface area (Å²) in [6.45, 7) is 3.21. The number of rotatable bonds is 5. The van der Waals surface area contributed by atoms with Crippen molar-refractivity contribution in [1.82, 2.24) is 0 Å². The van der Waals surface area contributed by atoms with E-state index < -0.39 is 21.8 Å². The fraction of sp³-hybridized carbons (Fsp3) is 0.714. The van der Waals surface area contributed by atoms with Gasteiger partial charge in [-0.3, -0.25) is 10.2 Å². The van der Waals surface area contributed by atoms with Gasteiger partial charge >= 0.3 is 10.1 Å². The number of carbonyl (C=O) groups is 1. The quantitative estimate of drug-likeness (QED) is 0.408. The second-order valence-electron chi connectivity index (χ2n) is 2.45. The molecule has 0 amide bonds. The van der Waals surface area contributed by atoms with Crippen LogP contribution >= 0.6 is 0 Å². The molecule has 0 saturated heterocycles. The van der Waals surface area contributed by atoms with Gasteiger partial charge in [0.2, 0.25) is 5.78 Å². The molecule has 0 saturated carbocycles. The van der Waals surface area contributed by atoms with E-state index in [-0.39, 0.29) is 12.2 Å². The maximum atomic E-state index is 10.9. The van der Waals surface area contributed by atoms with Crippen LogP contribution < -0.4 is 0 Å². The van der Waals surface area contributed by atoms with Crippen LogP contribution in [0, 0.1) is 5.41 Å². The molecule has 6 heteroatoms. The predicted octanol–water partition coefficient (Wildman–Crippen LogP) is 0.699. The third-order valence-electron chi connectivity index (χ3n) is 1.24. The number of nitrogens with one attached hydrogen (secondary N) is 1. The summed E-state index contributed by atoms with van der Waals surface area (Å²) < 4.78 is 26.1. The molecule has 0 rings (SSSR count). The number of hydrogen-bond acceptors (Lipinski definition) is 5. The first-order valence-corrected chi connectivity index (χ1v) is 5.54. The highest BCUT2D eigenvalue weighted by molar-refractivity contribution is 7.87. The first-order chi connectivity index (χ1) is 5.93. The molecule has 0 aromatic carbocycles. The molecule has 0 aliphatic carbocycles. The van der Waals surface area contributed by atoms with Gasteiger partial charge in [0.25, 0.3) is 5.90 Å². The Morgan fingerprint density at radius 3 is 2.31 bits per heavy atom. The van der Waals surface area contributed by atoms with Crippen LogP contribution in [-0.2, 0) is 19.1 Å². The maximum Gasteiger partial charge on any atom is 0.310 e. The van der Waals surface area contributed by atoms with E-state index >= 15 is 0 Å². The first-order valence-electron chi connectivity index (χ1n) is 3.96. The van der Waals surface area contributed by atoms with Gasteiger partial charge in [0.05, 0.1) is 5.75 Å². The van der Waals surface area contributed by atoms with Crippen molar-refractivity contribution in [1.29, 1.82) is 5.41 Å². The van der Waals surface area contributed by atoms with Crippen molar-refractivity contribution in [2.75, 3.05) is 5.75 Å². The molecule has 0 aliphatic rings. The third kappa shape index (κ3) is 4.62. The third-order valence-corrected chi connectivity index (χ3v) is 2.57. The minimum Gasteiger partial charge on any atom is -0.358 e. The monoisotopic (exact) mass is 207 g/mol. The van der Waals surface area contributed by atoms with Crippen LogP contribution in [0.25, 0.3) is 0 Å². The van der Waals surface area contributed by atoms with Crippen LogP contribution in [0.5, 0.6) is 0 Å². The molecule has 0 heterocycles. The van der Waals surface area contributed by atoms with Crippen molar-refractivity contribution in [3.63, 3.8) is 0 Å². The largest absolute Gasteiger partial charge is 0.358 e. The van der Waals surface area contributed by atoms with Crippen LogP contribution in [0.15, 0.2) is 0 Å². The van der Waals surface area contributed by atoms with E-state index in [4.69, 9.17) is 5.41 Å². The predicted molar refractivity (Wildman–Crippen MR) is 48.2 cm³/mol. The fourth-order valence-corrected chi connectivity index (χ4v) is 1.56. The van der Waals surface area contributed by atoms with E-state index in [1.807, 2.05) is 0 Å². The van der Waals surface area contributed by atoms with Gasteiger partial charge in [0, 0.05) is 6.42 Å². The minimum absolute atomic E-state index is 0.0699. The minimum atomic E-state index is -3.73. The van der Waals surface area contributed by atoms with Crippen LogP contribution in [-0.4, -0.2) is 25.9 Å². The van der Waals surface area contributed by atoms with Gasteiger partial charge in [-0.1, -0.05) is 13.8 Å². The average Bonchev–Trinajstić information content (AvgIpc) is 2.01. The van der Waals surface area contributed by atoms with Gasteiger partial charge in [-0.2, -0.15) is 8.42 Å². The van der Waals surface area contributed by atoms with Crippen LogP contribution in [0.3, 0.4) is 0 Å². The summed E-state index contributed by atoms with van der Waals surface area (Å²) in [6.07, 6.45) is 0.469. The van der Waals surface area contributed by atoms with Gasteiger partial charge < -0.3 is 4.18 Å². The molecule has 13 heavy (non-hydrogen) atoms. The van der Waals surface area contributed by atoms with E-state index in [0.29, 0.717) is 6.42 Å². The summed E-state index contributed by atoms with van der Waals surface area (Å²) in [7, 11) is -3.73. The molecule has 0 fully saturated rings. The number of Topliss-reactive ketones (excluding diaryl/α,β-unsaturated/α-hetero) is 1. The molecule has 0 unspecified atom stereocenters.